The van der Waals surface area contributed by atoms with E-state index in [1.54, 1.807) is 5.06 Å². The Morgan fingerprint density at radius 2 is 2.07 bits per heavy atom. The van der Waals surface area contributed by atoms with Gasteiger partial charge in [0, 0.05) is 5.56 Å². The van der Waals surface area contributed by atoms with Crippen LogP contribution in [0.4, 0.5) is 5.69 Å². The van der Waals surface area contributed by atoms with Crippen molar-refractivity contribution in [3.05, 3.63) is 42.0 Å². The summed E-state index contributed by atoms with van der Waals surface area (Å²) < 4.78 is 0. The van der Waals surface area contributed by atoms with Crippen molar-refractivity contribution in [1.29, 1.82) is 0 Å². The standard InChI is InChI=1S/C12H11NO2/c1-8-6-7-11-12(14)9-4-2-3-5-10(9)13(11)15-8/h2-8,11H,1H3. The first-order chi connectivity index (χ1) is 7.27. The van der Waals surface area contributed by atoms with E-state index in [1.807, 2.05) is 43.3 Å². The minimum absolute atomic E-state index is 0.0280. The summed E-state index contributed by atoms with van der Waals surface area (Å²) in [5.41, 5.74) is 1.63. The average Bonchev–Trinajstić information content (AvgIpc) is 2.54. The van der Waals surface area contributed by atoms with Crippen LogP contribution in [0.5, 0.6) is 0 Å². The maximum absolute atomic E-state index is 12.0. The van der Waals surface area contributed by atoms with E-state index < -0.39 is 0 Å². The number of anilines is 1. The predicted molar refractivity (Wildman–Crippen MR) is 56.7 cm³/mol. The van der Waals surface area contributed by atoms with Crippen LogP contribution in [0.3, 0.4) is 0 Å². The lowest BCUT2D eigenvalue weighted by Gasteiger charge is -2.29. The summed E-state index contributed by atoms with van der Waals surface area (Å²) in [5, 5.41) is 1.71. The number of fused-ring (bicyclic) bond motifs is 3. The monoisotopic (exact) mass is 201 g/mol. The molecule has 0 fully saturated rings. The zero-order valence-corrected chi connectivity index (χ0v) is 8.38. The van der Waals surface area contributed by atoms with Gasteiger partial charge in [-0.25, -0.2) is 5.06 Å². The van der Waals surface area contributed by atoms with Gasteiger partial charge in [-0.2, -0.15) is 0 Å². The Labute approximate surface area is 87.9 Å². The molecule has 0 amide bonds. The number of nitrogens with zero attached hydrogens (tertiary/aromatic N) is 1. The van der Waals surface area contributed by atoms with Gasteiger partial charge in [-0.3, -0.25) is 9.63 Å². The number of ketones is 1. The summed E-state index contributed by atoms with van der Waals surface area (Å²) in [6.45, 7) is 1.96. The van der Waals surface area contributed by atoms with Gasteiger partial charge in [0.05, 0.1) is 5.69 Å². The summed E-state index contributed by atoms with van der Waals surface area (Å²) in [4.78, 5) is 17.6. The second-order valence-electron chi connectivity index (χ2n) is 3.85. The van der Waals surface area contributed by atoms with Crippen LogP contribution in [0.2, 0.25) is 0 Å². The number of benzene rings is 1. The largest absolute Gasteiger partial charge is 0.291 e. The SMILES string of the molecule is CC1C=CC2C(=O)c3ccccc3N2O1. The molecule has 2 atom stereocenters. The van der Waals surface area contributed by atoms with Gasteiger partial charge in [-0.1, -0.05) is 24.3 Å². The molecule has 0 aliphatic carbocycles. The molecule has 3 rings (SSSR count). The third-order valence-corrected chi connectivity index (χ3v) is 2.77. The molecular formula is C12H11NO2. The molecule has 0 aromatic heterocycles. The van der Waals surface area contributed by atoms with E-state index in [-0.39, 0.29) is 17.9 Å². The van der Waals surface area contributed by atoms with E-state index in [1.165, 1.54) is 0 Å². The number of hydrogen-bond acceptors (Lipinski definition) is 3. The molecule has 2 heterocycles. The van der Waals surface area contributed by atoms with Gasteiger partial charge in [0.1, 0.15) is 12.1 Å². The van der Waals surface area contributed by atoms with E-state index in [0.717, 1.165) is 11.3 Å². The molecule has 0 N–H and O–H groups in total. The fourth-order valence-electron chi connectivity index (χ4n) is 2.05. The van der Waals surface area contributed by atoms with Crippen LogP contribution in [0.25, 0.3) is 0 Å². The van der Waals surface area contributed by atoms with Crippen LogP contribution in [0, 0.1) is 0 Å². The number of Topliss-reactive ketones (excluding diaryl/α,β-unsaturated/α-hetero) is 1. The van der Waals surface area contributed by atoms with Crippen LogP contribution in [-0.4, -0.2) is 17.9 Å². The summed E-state index contributed by atoms with van der Waals surface area (Å²) in [6, 6.07) is 7.29. The van der Waals surface area contributed by atoms with E-state index in [2.05, 4.69) is 0 Å². The molecule has 0 radical (unpaired) electrons. The number of hydrogen-bond donors (Lipinski definition) is 0. The number of carbonyl (C=O) groups is 1. The maximum Gasteiger partial charge on any atom is 0.193 e. The van der Waals surface area contributed by atoms with Crippen LogP contribution < -0.4 is 5.06 Å². The minimum Gasteiger partial charge on any atom is -0.291 e. The molecule has 1 aromatic carbocycles. The fourth-order valence-corrected chi connectivity index (χ4v) is 2.05. The first kappa shape index (κ1) is 8.68. The van der Waals surface area contributed by atoms with Crippen LogP contribution >= 0.6 is 0 Å². The highest BCUT2D eigenvalue weighted by Crippen LogP contribution is 2.35. The normalized spacial score (nSPS) is 27.8. The summed E-state index contributed by atoms with van der Waals surface area (Å²) in [5.74, 6) is 0.119. The maximum atomic E-state index is 12.0. The molecule has 3 heteroatoms. The van der Waals surface area contributed by atoms with Crippen molar-refractivity contribution in [1.82, 2.24) is 0 Å². The Bertz CT molecular complexity index is 453. The van der Waals surface area contributed by atoms with Gasteiger partial charge in [0.15, 0.2) is 5.78 Å². The Morgan fingerprint density at radius 3 is 2.93 bits per heavy atom. The highest BCUT2D eigenvalue weighted by atomic mass is 16.7. The van der Waals surface area contributed by atoms with Crippen molar-refractivity contribution in [3.63, 3.8) is 0 Å². The van der Waals surface area contributed by atoms with Gasteiger partial charge in [-0.05, 0) is 19.1 Å². The quantitative estimate of drug-likeness (QED) is 0.601. The first-order valence-electron chi connectivity index (χ1n) is 5.05. The molecule has 0 spiro atoms. The number of hydroxylamine groups is 1. The highest BCUT2D eigenvalue weighted by molar-refractivity contribution is 6.11. The van der Waals surface area contributed by atoms with Crippen molar-refractivity contribution >= 4 is 11.5 Å². The van der Waals surface area contributed by atoms with E-state index in [0.29, 0.717) is 0 Å². The molecule has 0 saturated carbocycles. The van der Waals surface area contributed by atoms with E-state index in [4.69, 9.17) is 4.84 Å². The third-order valence-electron chi connectivity index (χ3n) is 2.77. The second-order valence-corrected chi connectivity index (χ2v) is 3.85. The van der Waals surface area contributed by atoms with Crippen molar-refractivity contribution in [2.45, 2.75) is 19.1 Å². The molecule has 2 unspecified atom stereocenters. The molecule has 2 aliphatic rings. The smallest absolute Gasteiger partial charge is 0.193 e. The van der Waals surface area contributed by atoms with Crippen LogP contribution in [-0.2, 0) is 4.84 Å². The molecule has 3 nitrogen and oxygen atoms in total. The first-order valence-corrected chi connectivity index (χ1v) is 5.05. The van der Waals surface area contributed by atoms with Gasteiger partial charge < -0.3 is 0 Å². The molecule has 2 aliphatic heterocycles. The zero-order chi connectivity index (χ0) is 10.4. The van der Waals surface area contributed by atoms with Gasteiger partial charge in [-0.15, -0.1) is 0 Å². The highest BCUT2D eigenvalue weighted by Gasteiger charge is 2.38. The molecular weight excluding hydrogens is 190 g/mol. The molecule has 1 aromatic rings. The number of rotatable bonds is 0. The number of para-hydroxylation sites is 1. The second kappa shape index (κ2) is 2.94. The van der Waals surface area contributed by atoms with Gasteiger partial charge in [0.2, 0.25) is 0 Å². The summed E-state index contributed by atoms with van der Waals surface area (Å²) >= 11 is 0. The van der Waals surface area contributed by atoms with Gasteiger partial charge >= 0.3 is 0 Å². The molecule has 0 bridgehead atoms. The Hall–Kier alpha value is -1.61. The molecule has 76 valence electrons. The van der Waals surface area contributed by atoms with Crippen LogP contribution in [0.15, 0.2) is 36.4 Å². The Balaban J connectivity index is 2.13. The third kappa shape index (κ3) is 1.13. The van der Waals surface area contributed by atoms with Crippen molar-refractivity contribution < 1.29 is 9.63 Å². The Kier molecular flexibility index (Phi) is 1.70. The van der Waals surface area contributed by atoms with E-state index in [9.17, 15) is 4.79 Å². The topological polar surface area (TPSA) is 29.5 Å². The van der Waals surface area contributed by atoms with Crippen molar-refractivity contribution in [3.8, 4) is 0 Å². The van der Waals surface area contributed by atoms with E-state index >= 15 is 0 Å². The summed E-state index contributed by atoms with van der Waals surface area (Å²) in [6.07, 6.45) is 3.86. The lowest BCUT2D eigenvalue weighted by atomic mass is 10.1. The molecule has 0 saturated heterocycles. The predicted octanol–water partition coefficient (Wildman–Crippen LogP) is 1.95. The van der Waals surface area contributed by atoms with Gasteiger partial charge in [0.25, 0.3) is 0 Å². The zero-order valence-electron chi connectivity index (χ0n) is 8.38. The minimum atomic E-state index is -0.265. The Morgan fingerprint density at radius 1 is 1.27 bits per heavy atom. The lowest BCUT2D eigenvalue weighted by Crippen LogP contribution is -2.39. The van der Waals surface area contributed by atoms with Crippen molar-refractivity contribution in [2.75, 3.05) is 5.06 Å². The van der Waals surface area contributed by atoms with Crippen molar-refractivity contribution in [2.24, 2.45) is 0 Å². The van der Waals surface area contributed by atoms with Crippen LogP contribution in [0.1, 0.15) is 17.3 Å². The lowest BCUT2D eigenvalue weighted by molar-refractivity contribution is 0.0530. The fraction of sp³-hybridized carbons (Fsp3) is 0.250. The average molecular weight is 201 g/mol. The summed E-state index contributed by atoms with van der Waals surface area (Å²) in [7, 11) is 0. The number of carbonyl (C=O) groups excluding carboxylic acids is 1. The molecule has 15 heavy (non-hydrogen) atoms.